The third kappa shape index (κ3) is 4.25. The summed E-state index contributed by atoms with van der Waals surface area (Å²) in [7, 11) is 3.66. The molecule has 0 aliphatic carbocycles. The van der Waals surface area contributed by atoms with Crippen LogP contribution in [0, 0.1) is 0 Å². The van der Waals surface area contributed by atoms with Crippen molar-refractivity contribution in [3.8, 4) is 5.75 Å². The normalized spacial score (nSPS) is 12.0. The maximum absolute atomic E-state index is 12.1. The quantitative estimate of drug-likeness (QED) is 0.321. The lowest BCUT2D eigenvalue weighted by molar-refractivity contribution is 0.420. The van der Waals surface area contributed by atoms with E-state index in [1.54, 1.807) is 16.4 Å². The molecule has 0 saturated carbocycles. The first-order valence-electron chi connectivity index (χ1n) is 8.94. The van der Waals surface area contributed by atoms with Gasteiger partial charge in [-0.2, -0.15) is 0 Å². The van der Waals surface area contributed by atoms with E-state index in [0.717, 1.165) is 19.3 Å². The number of phenolic OH excluding ortho intramolecular Hbond substituents is 1. The van der Waals surface area contributed by atoms with E-state index >= 15 is 0 Å². The van der Waals surface area contributed by atoms with Crippen molar-refractivity contribution in [2.24, 2.45) is 0 Å². The zero-order chi connectivity index (χ0) is 20.4. The fourth-order valence-electron chi connectivity index (χ4n) is 2.96. The first kappa shape index (κ1) is 21.6. The lowest BCUT2D eigenvalue weighted by atomic mass is 9.89. The molecular weight excluding hydrogens is 386 g/mol. The second-order valence-corrected chi connectivity index (χ2v) is 8.40. The molecule has 0 radical (unpaired) electrons. The molecule has 0 amide bonds. The molecule has 8 heteroatoms. The smallest absolute Gasteiger partial charge is 0.253 e. The van der Waals surface area contributed by atoms with Crippen LogP contribution in [-0.2, 0) is 0 Å². The molecule has 0 unspecified atom stereocenters. The van der Waals surface area contributed by atoms with E-state index in [1.165, 1.54) is 11.9 Å². The number of nitrogens with one attached hydrogen (secondary N) is 2. The molecule has 2 rings (SSSR count). The Labute approximate surface area is 168 Å². The summed E-state index contributed by atoms with van der Waals surface area (Å²) in [6, 6.07) is 3.23. The second kappa shape index (κ2) is 8.54. The summed E-state index contributed by atoms with van der Waals surface area (Å²) >= 11 is 7.44. The molecule has 0 aromatic heterocycles. The van der Waals surface area contributed by atoms with Gasteiger partial charge in [-0.3, -0.25) is 13.9 Å². The SMILES string of the molecule is CCC(CC)(CC)Nc1c(Nc2ccc(Cl)c(SN(C)C)c2O)c(=O)c1=O. The second-order valence-electron chi connectivity index (χ2n) is 6.68. The molecule has 3 N–H and O–H groups in total. The van der Waals surface area contributed by atoms with Gasteiger partial charge < -0.3 is 15.7 Å². The van der Waals surface area contributed by atoms with Crippen LogP contribution in [-0.4, -0.2) is 29.0 Å². The molecule has 2 aromatic rings. The van der Waals surface area contributed by atoms with Gasteiger partial charge in [0.05, 0.1) is 15.6 Å². The molecule has 27 heavy (non-hydrogen) atoms. The summed E-state index contributed by atoms with van der Waals surface area (Å²) in [6.45, 7) is 6.15. The van der Waals surface area contributed by atoms with Crippen molar-refractivity contribution in [3.05, 3.63) is 37.6 Å². The molecule has 0 heterocycles. The van der Waals surface area contributed by atoms with E-state index in [4.69, 9.17) is 11.6 Å². The largest absolute Gasteiger partial charge is 0.505 e. The Balaban J connectivity index is 2.39. The van der Waals surface area contributed by atoms with Gasteiger partial charge in [-0.15, -0.1) is 0 Å². The van der Waals surface area contributed by atoms with Crippen LogP contribution in [0.25, 0.3) is 0 Å². The van der Waals surface area contributed by atoms with Crippen LogP contribution in [0.3, 0.4) is 0 Å². The third-order valence-electron chi connectivity index (χ3n) is 4.95. The van der Waals surface area contributed by atoms with Crippen LogP contribution in [0.4, 0.5) is 17.1 Å². The van der Waals surface area contributed by atoms with Gasteiger partial charge in [0.2, 0.25) is 0 Å². The standard InChI is InChI=1S/C19H26ClN3O3S/c1-6-19(7-2,8-3)22-14-13(16(25)17(14)26)21-12-10-9-11(20)18(15(12)24)27-23(4)5/h9-10,21-22,24H,6-8H2,1-5H3. The van der Waals surface area contributed by atoms with Gasteiger partial charge in [-0.25, -0.2) is 0 Å². The summed E-state index contributed by atoms with van der Waals surface area (Å²) in [5.41, 5.74) is -0.583. The topological polar surface area (TPSA) is 81.7 Å². The molecule has 0 saturated heterocycles. The predicted molar refractivity (Wildman–Crippen MR) is 115 cm³/mol. The van der Waals surface area contributed by atoms with Gasteiger partial charge in [0.15, 0.2) is 5.75 Å². The highest BCUT2D eigenvalue weighted by atomic mass is 35.5. The van der Waals surface area contributed by atoms with E-state index in [2.05, 4.69) is 10.6 Å². The van der Waals surface area contributed by atoms with Gasteiger partial charge in [0, 0.05) is 5.54 Å². The molecule has 0 aliphatic heterocycles. The van der Waals surface area contributed by atoms with Crippen molar-refractivity contribution in [2.75, 3.05) is 24.7 Å². The number of rotatable bonds is 9. The number of nitrogens with zero attached hydrogens (tertiary/aromatic N) is 1. The van der Waals surface area contributed by atoms with Crippen molar-refractivity contribution in [2.45, 2.75) is 50.5 Å². The Bertz CT molecular complexity index is 879. The number of benzene rings is 1. The fraction of sp³-hybridized carbons (Fsp3) is 0.474. The Morgan fingerprint density at radius 1 is 1.07 bits per heavy atom. The number of halogens is 1. The van der Waals surface area contributed by atoms with Crippen molar-refractivity contribution in [1.29, 1.82) is 0 Å². The Hall–Kier alpha value is -1.70. The molecule has 0 spiro atoms. The molecule has 0 fully saturated rings. The minimum Gasteiger partial charge on any atom is -0.505 e. The summed E-state index contributed by atoms with van der Waals surface area (Å²) in [6.07, 6.45) is 2.48. The zero-order valence-electron chi connectivity index (χ0n) is 16.3. The highest BCUT2D eigenvalue weighted by Gasteiger charge is 2.30. The van der Waals surface area contributed by atoms with Crippen LogP contribution in [0.15, 0.2) is 26.6 Å². The Morgan fingerprint density at radius 3 is 2.15 bits per heavy atom. The van der Waals surface area contributed by atoms with Crippen LogP contribution in [0.5, 0.6) is 5.75 Å². The highest BCUT2D eigenvalue weighted by Crippen LogP contribution is 2.42. The van der Waals surface area contributed by atoms with E-state index in [9.17, 15) is 14.7 Å². The summed E-state index contributed by atoms with van der Waals surface area (Å²) in [5.74, 6) is -0.0621. The molecular formula is C19H26ClN3O3S. The van der Waals surface area contributed by atoms with Crippen molar-refractivity contribution in [1.82, 2.24) is 4.31 Å². The fourth-order valence-corrected chi connectivity index (χ4v) is 3.93. The lowest BCUT2D eigenvalue weighted by Crippen LogP contribution is -2.44. The minimum atomic E-state index is -0.592. The monoisotopic (exact) mass is 411 g/mol. The van der Waals surface area contributed by atoms with E-state index < -0.39 is 10.9 Å². The summed E-state index contributed by atoms with van der Waals surface area (Å²) in [4.78, 5) is 24.7. The number of phenols is 1. The number of aromatic hydroxyl groups is 1. The van der Waals surface area contributed by atoms with E-state index in [1.807, 2.05) is 34.9 Å². The third-order valence-corrected chi connectivity index (χ3v) is 6.34. The summed E-state index contributed by atoms with van der Waals surface area (Å²) in [5, 5.41) is 17.2. The lowest BCUT2D eigenvalue weighted by Gasteiger charge is -2.34. The molecule has 0 atom stereocenters. The van der Waals surface area contributed by atoms with Gasteiger partial charge in [-0.1, -0.05) is 32.4 Å². The molecule has 6 nitrogen and oxygen atoms in total. The van der Waals surface area contributed by atoms with Crippen LogP contribution in [0.1, 0.15) is 40.0 Å². The first-order chi connectivity index (χ1) is 12.7. The summed E-state index contributed by atoms with van der Waals surface area (Å²) < 4.78 is 1.80. The molecule has 148 valence electrons. The van der Waals surface area contributed by atoms with Gasteiger partial charge in [0.25, 0.3) is 10.9 Å². The number of hydrogen-bond donors (Lipinski definition) is 3. The van der Waals surface area contributed by atoms with E-state index in [-0.39, 0.29) is 22.7 Å². The van der Waals surface area contributed by atoms with Crippen LogP contribution in [0.2, 0.25) is 5.02 Å². The Morgan fingerprint density at radius 2 is 1.63 bits per heavy atom. The van der Waals surface area contributed by atoms with Crippen molar-refractivity contribution in [3.63, 3.8) is 0 Å². The zero-order valence-corrected chi connectivity index (χ0v) is 17.8. The van der Waals surface area contributed by atoms with Crippen LogP contribution < -0.4 is 21.5 Å². The van der Waals surface area contributed by atoms with Gasteiger partial charge in [0.1, 0.15) is 11.4 Å². The van der Waals surface area contributed by atoms with Gasteiger partial charge in [-0.05, 0) is 57.4 Å². The Kier molecular flexibility index (Phi) is 6.83. The maximum atomic E-state index is 12.1. The number of anilines is 3. The van der Waals surface area contributed by atoms with E-state index in [0.29, 0.717) is 15.6 Å². The maximum Gasteiger partial charge on any atom is 0.253 e. The highest BCUT2D eigenvalue weighted by molar-refractivity contribution is 7.97. The minimum absolute atomic E-state index is 0.0621. The van der Waals surface area contributed by atoms with Crippen LogP contribution >= 0.6 is 23.5 Å². The first-order valence-corrected chi connectivity index (χ1v) is 10.1. The molecule has 0 bridgehead atoms. The van der Waals surface area contributed by atoms with Gasteiger partial charge >= 0.3 is 0 Å². The average Bonchev–Trinajstić information content (AvgIpc) is 2.66. The number of hydrogen-bond acceptors (Lipinski definition) is 7. The molecule has 0 aliphatic rings. The van der Waals surface area contributed by atoms with Crippen molar-refractivity contribution >= 4 is 40.6 Å². The average molecular weight is 412 g/mol. The van der Waals surface area contributed by atoms with Crippen molar-refractivity contribution < 1.29 is 5.11 Å². The predicted octanol–water partition coefficient (Wildman–Crippen LogP) is 4.33. The molecule has 2 aromatic carbocycles.